The van der Waals surface area contributed by atoms with Gasteiger partial charge in [-0.1, -0.05) is 23.2 Å². The lowest BCUT2D eigenvalue weighted by atomic mass is 10.2. The van der Waals surface area contributed by atoms with E-state index in [0.29, 0.717) is 22.3 Å². The second-order valence-electron chi connectivity index (χ2n) is 3.95. The molecule has 0 aliphatic rings. The number of likely N-dealkylation sites (N-methyl/N-ethyl adjacent to an activating group) is 1. The van der Waals surface area contributed by atoms with E-state index < -0.39 is 17.9 Å². The van der Waals surface area contributed by atoms with Crippen molar-refractivity contribution in [2.45, 2.75) is 19.4 Å². The van der Waals surface area contributed by atoms with E-state index in [1.807, 2.05) is 0 Å². The number of amides is 1. The number of quaternary nitrogens is 1. The molecule has 104 valence electrons. The van der Waals surface area contributed by atoms with E-state index in [2.05, 4.69) is 5.32 Å². The zero-order valence-corrected chi connectivity index (χ0v) is 11.8. The maximum Gasteiger partial charge on any atom is 0.230 e. The van der Waals surface area contributed by atoms with Gasteiger partial charge in [0, 0.05) is 5.02 Å². The van der Waals surface area contributed by atoms with Gasteiger partial charge in [-0.05, 0) is 25.1 Å². The van der Waals surface area contributed by atoms with Crippen LogP contribution in [0.3, 0.4) is 0 Å². The van der Waals surface area contributed by atoms with Crippen LogP contribution in [0.1, 0.15) is 13.3 Å². The number of nitrogens with one attached hydrogen (secondary N) is 1. The number of benzene rings is 1. The van der Waals surface area contributed by atoms with Crippen molar-refractivity contribution in [2.24, 2.45) is 0 Å². The first-order valence-electron chi connectivity index (χ1n) is 5.73. The molecule has 3 N–H and O–H groups in total. The molecule has 1 amide bonds. The summed E-state index contributed by atoms with van der Waals surface area (Å²) in [5.74, 6) is -1.71. The molecule has 0 saturated heterocycles. The van der Waals surface area contributed by atoms with Gasteiger partial charge >= 0.3 is 0 Å². The van der Waals surface area contributed by atoms with Crippen LogP contribution in [0.5, 0.6) is 0 Å². The first-order valence-corrected chi connectivity index (χ1v) is 6.48. The Hall–Kier alpha value is -1.30. The average molecular weight is 305 g/mol. The Morgan fingerprint density at radius 2 is 2.11 bits per heavy atom. The first kappa shape index (κ1) is 15.8. The molecule has 0 heterocycles. The molecule has 0 fully saturated rings. The van der Waals surface area contributed by atoms with Gasteiger partial charge in [-0.25, -0.2) is 0 Å². The van der Waals surface area contributed by atoms with Crippen molar-refractivity contribution in [3.8, 4) is 0 Å². The third kappa shape index (κ3) is 5.06. The zero-order valence-electron chi connectivity index (χ0n) is 10.3. The lowest BCUT2D eigenvalue weighted by Gasteiger charge is -2.15. The maximum atomic E-state index is 11.7. The number of hydrogen-bond acceptors (Lipinski definition) is 3. The standard InChI is InChI=1S/C12H14Cl2N2O3/c1-2-15-10(12(18)19)6-11(17)16-9-4-3-7(13)5-8(9)14/h3-5,10,15H,2,6H2,1H3,(H,16,17)(H,18,19)/t10-/m1/s1. The van der Waals surface area contributed by atoms with Crippen LogP contribution in [0, 0.1) is 0 Å². The third-order valence-corrected chi connectivity index (χ3v) is 2.98. The molecule has 1 aromatic rings. The number of carboxylic acids is 1. The summed E-state index contributed by atoms with van der Waals surface area (Å²) < 4.78 is 0. The van der Waals surface area contributed by atoms with Gasteiger partial charge in [-0.3, -0.25) is 4.79 Å². The van der Waals surface area contributed by atoms with E-state index in [4.69, 9.17) is 23.2 Å². The Kier molecular flexibility index (Phi) is 6.08. The number of carbonyl (C=O) groups is 2. The minimum absolute atomic E-state index is 0.185. The fraction of sp³-hybridized carbons (Fsp3) is 0.333. The molecule has 1 rings (SSSR count). The summed E-state index contributed by atoms with van der Waals surface area (Å²) in [4.78, 5) is 22.5. The van der Waals surface area contributed by atoms with Crippen molar-refractivity contribution >= 4 is 40.8 Å². The second kappa shape index (κ2) is 7.33. The van der Waals surface area contributed by atoms with Crippen LogP contribution in [0.15, 0.2) is 18.2 Å². The number of rotatable bonds is 6. The molecule has 0 aliphatic carbocycles. The largest absolute Gasteiger partial charge is 0.544 e. The minimum atomic E-state index is -1.26. The molecule has 0 bridgehead atoms. The topological polar surface area (TPSA) is 85.8 Å². The van der Waals surface area contributed by atoms with E-state index in [1.54, 1.807) is 19.1 Å². The van der Waals surface area contributed by atoms with Crippen molar-refractivity contribution in [1.29, 1.82) is 0 Å². The van der Waals surface area contributed by atoms with Gasteiger partial charge in [0.2, 0.25) is 5.91 Å². The molecule has 5 nitrogen and oxygen atoms in total. The lowest BCUT2D eigenvalue weighted by Crippen LogP contribution is -2.93. The SMILES string of the molecule is CC[NH2+][C@H](CC(=O)Nc1ccc(Cl)cc1Cl)C(=O)[O-]. The minimum Gasteiger partial charge on any atom is -0.544 e. The fourth-order valence-electron chi connectivity index (χ4n) is 1.54. The molecule has 0 radical (unpaired) electrons. The zero-order chi connectivity index (χ0) is 14.4. The predicted octanol–water partition coefficient (Wildman–Crippen LogP) is 0.0238. The molecule has 0 saturated carbocycles. The highest BCUT2D eigenvalue weighted by atomic mass is 35.5. The highest BCUT2D eigenvalue weighted by Gasteiger charge is 2.18. The van der Waals surface area contributed by atoms with Crippen LogP contribution in [0.2, 0.25) is 10.0 Å². The molecule has 0 unspecified atom stereocenters. The van der Waals surface area contributed by atoms with Gasteiger partial charge in [0.15, 0.2) is 0 Å². The Morgan fingerprint density at radius 1 is 1.42 bits per heavy atom. The van der Waals surface area contributed by atoms with Gasteiger partial charge in [-0.15, -0.1) is 0 Å². The number of anilines is 1. The maximum absolute atomic E-state index is 11.7. The molecule has 1 atom stereocenters. The van der Waals surface area contributed by atoms with Crippen LogP contribution in [0.4, 0.5) is 5.69 Å². The average Bonchev–Trinajstić information content (AvgIpc) is 2.32. The van der Waals surface area contributed by atoms with Crippen LogP contribution in [-0.2, 0) is 9.59 Å². The number of carbonyl (C=O) groups excluding carboxylic acids is 2. The highest BCUT2D eigenvalue weighted by Crippen LogP contribution is 2.25. The van der Waals surface area contributed by atoms with Gasteiger partial charge in [0.25, 0.3) is 0 Å². The van der Waals surface area contributed by atoms with Gasteiger partial charge in [-0.2, -0.15) is 0 Å². The van der Waals surface area contributed by atoms with Crippen LogP contribution < -0.4 is 15.7 Å². The molecule has 0 spiro atoms. The predicted molar refractivity (Wildman–Crippen MR) is 71.0 cm³/mol. The third-order valence-electron chi connectivity index (χ3n) is 2.43. The van der Waals surface area contributed by atoms with E-state index >= 15 is 0 Å². The summed E-state index contributed by atoms with van der Waals surface area (Å²) in [5.41, 5.74) is 0.393. The Bertz CT molecular complexity index is 480. The van der Waals surface area contributed by atoms with Crippen LogP contribution in [0.25, 0.3) is 0 Å². The van der Waals surface area contributed by atoms with Gasteiger partial charge in [0.1, 0.15) is 6.04 Å². The van der Waals surface area contributed by atoms with Crippen LogP contribution >= 0.6 is 23.2 Å². The Labute approximate surface area is 120 Å². The van der Waals surface area contributed by atoms with Crippen molar-refractivity contribution in [2.75, 3.05) is 11.9 Å². The number of hydrogen-bond donors (Lipinski definition) is 2. The summed E-state index contributed by atoms with van der Waals surface area (Å²) in [6.07, 6.45) is -0.185. The quantitative estimate of drug-likeness (QED) is 0.777. The summed E-state index contributed by atoms with van der Waals surface area (Å²) in [5, 5.41) is 15.6. The number of carboxylic acid groups (broad SMARTS) is 1. The second-order valence-corrected chi connectivity index (χ2v) is 4.79. The number of halogens is 2. The smallest absolute Gasteiger partial charge is 0.230 e. The molecule has 0 aliphatic heterocycles. The van der Waals surface area contributed by atoms with Crippen molar-refractivity contribution < 1.29 is 20.0 Å². The summed E-state index contributed by atoms with van der Waals surface area (Å²) >= 11 is 11.6. The number of nitrogens with two attached hydrogens (primary N) is 1. The fourth-order valence-corrected chi connectivity index (χ4v) is 1.99. The molecule has 19 heavy (non-hydrogen) atoms. The highest BCUT2D eigenvalue weighted by molar-refractivity contribution is 6.36. The monoisotopic (exact) mass is 304 g/mol. The molecule has 0 aromatic heterocycles. The van der Waals surface area contributed by atoms with E-state index in [1.165, 1.54) is 11.4 Å². The normalized spacial score (nSPS) is 11.9. The van der Waals surface area contributed by atoms with Gasteiger partial charge in [0.05, 0.1) is 29.6 Å². The molecule has 7 heteroatoms. The lowest BCUT2D eigenvalue weighted by molar-refractivity contribution is -0.679. The summed E-state index contributed by atoms with van der Waals surface area (Å²) in [6, 6.07) is 3.72. The van der Waals surface area contributed by atoms with Crippen molar-refractivity contribution in [1.82, 2.24) is 0 Å². The van der Waals surface area contributed by atoms with Crippen LogP contribution in [-0.4, -0.2) is 24.5 Å². The van der Waals surface area contributed by atoms with Crippen molar-refractivity contribution in [3.63, 3.8) is 0 Å². The van der Waals surface area contributed by atoms with Gasteiger partial charge < -0.3 is 20.5 Å². The summed E-state index contributed by atoms with van der Waals surface area (Å²) in [6.45, 7) is 2.34. The summed E-state index contributed by atoms with van der Waals surface area (Å²) in [7, 11) is 0. The molecular formula is C12H14Cl2N2O3. The van der Waals surface area contributed by atoms with E-state index in [0.717, 1.165) is 0 Å². The van der Waals surface area contributed by atoms with E-state index in [-0.39, 0.29) is 6.42 Å². The number of aliphatic carboxylic acids is 1. The molecular weight excluding hydrogens is 291 g/mol. The van der Waals surface area contributed by atoms with Crippen molar-refractivity contribution in [3.05, 3.63) is 28.2 Å². The molecule has 1 aromatic carbocycles. The first-order chi connectivity index (χ1) is 8.93. The van der Waals surface area contributed by atoms with E-state index in [9.17, 15) is 14.7 Å². The Morgan fingerprint density at radius 3 is 2.63 bits per heavy atom. The Balaban J connectivity index is 2.66.